The van der Waals surface area contributed by atoms with Gasteiger partial charge in [-0.3, -0.25) is 13.9 Å². The lowest BCUT2D eigenvalue weighted by atomic mass is 10.1. The van der Waals surface area contributed by atoms with Gasteiger partial charge < -0.3 is 10.2 Å². The Balaban J connectivity index is 2.02. The fraction of sp³-hybridized carbons (Fsp3) is 0.310. The maximum Gasteiger partial charge on any atom is 0.264 e. The van der Waals surface area contributed by atoms with Crippen LogP contribution in [-0.4, -0.2) is 44.3 Å². The number of hydrogen-bond donors (Lipinski definition) is 1. The first kappa shape index (κ1) is 30.1. The molecule has 0 aliphatic heterocycles. The predicted octanol–water partition coefficient (Wildman–Crippen LogP) is 5.17. The minimum Gasteiger partial charge on any atom is -0.354 e. The molecule has 208 valence electrons. The predicted molar refractivity (Wildman–Crippen MR) is 151 cm³/mol. The number of carbonyl (C=O) groups excluding carboxylic acids is 2. The van der Waals surface area contributed by atoms with Crippen LogP contribution in [0.5, 0.6) is 0 Å². The van der Waals surface area contributed by atoms with E-state index in [-0.39, 0.29) is 29.0 Å². The summed E-state index contributed by atoms with van der Waals surface area (Å²) in [4.78, 5) is 28.1. The van der Waals surface area contributed by atoms with Gasteiger partial charge in [0.25, 0.3) is 10.0 Å². The molecule has 0 radical (unpaired) electrons. The van der Waals surface area contributed by atoms with Crippen LogP contribution >= 0.6 is 11.6 Å². The number of nitrogens with zero attached hydrogens (tertiary/aromatic N) is 2. The van der Waals surface area contributed by atoms with Gasteiger partial charge in [-0.05, 0) is 67.3 Å². The summed E-state index contributed by atoms with van der Waals surface area (Å²) in [6.45, 7) is 7.07. The molecule has 3 aromatic rings. The standard InChI is InChI=1S/C29H33ClFN3O4S/c1-20(2)17-32-29(36)22(4)33(18-23-11-13-24(31)14-12-23)28(35)19-34(25-15-10-21(3)27(30)16-25)39(37,38)26-8-6-5-7-9-26/h5-16,20,22H,17-19H2,1-4H3,(H,32,36)/t22-/m1/s1. The molecule has 10 heteroatoms. The molecule has 39 heavy (non-hydrogen) atoms. The van der Waals surface area contributed by atoms with Crippen LogP contribution in [0.1, 0.15) is 31.9 Å². The highest BCUT2D eigenvalue weighted by Gasteiger charge is 2.32. The van der Waals surface area contributed by atoms with Crippen LogP contribution < -0.4 is 9.62 Å². The van der Waals surface area contributed by atoms with E-state index in [0.29, 0.717) is 17.1 Å². The van der Waals surface area contributed by atoms with Gasteiger partial charge in [-0.2, -0.15) is 0 Å². The quantitative estimate of drug-likeness (QED) is 0.343. The summed E-state index contributed by atoms with van der Waals surface area (Å²) in [5.41, 5.74) is 1.54. The first-order valence-corrected chi connectivity index (χ1v) is 14.4. The number of anilines is 1. The lowest BCUT2D eigenvalue weighted by Crippen LogP contribution is -2.51. The summed E-state index contributed by atoms with van der Waals surface area (Å²) in [6, 6.07) is 17.2. The first-order chi connectivity index (χ1) is 18.4. The molecule has 0 saturated carbocycles. The molecule has 0 aromatic heterocycles. The largest absolute Gasteiger partial charge is 0.354 e. The van der Waals surface area contributed by atoms with Gasteiger partial charge in [0, 0.05) is 18.1 Å². The zero-order valence-corrected chi connectivity index (χ0v) is 24.0. The van der Waals surface area contributed by atoms with E-state index in [1.807, 2.05) is 13.8 Å². The molecule has 0 bridgehead atoms. The first-order valence-electron chi connectivity index (χ1n) is 12.6. The smallest absolute Gasteiger partial charge is 0.264 e. The molecule has 0 saturated heterocycles. The van der Waals surface area contributed by atoms with Crippen LogP contribution in [0.25, 0.3) is 0 Å². The Hall–Kier alpha value is -3.43. The maximum absolute atomic E-state index is 13.8. The fourth-order valence-electron chi connectivity index (χ4n) is 3.81. The normalized spacial score (nSPS) is 12.2. The Morgan fingerprint density at radius 1 is 0.974 bits per heavy atom. The van der Waals surface area contributed by atoms with Gasteiger partial charge >= 0.3 is 0 Å². The third-order valence-corrected chi connectivity index (χ3v) is 8.37. The summed E-state index contributed by atoms with van der Waals surface area (Å²) in [5.74, 6) is -1.23. The van der Waals surface area contributed by atoms with Crippen LogP contribution in [0.2, 0.25) is 5.02 Å². The van der Waals surface area contributed by atoms with E-state index in [4.69, 9.17) is 11.6 Å². The Kier molecular flexibility index (Phi) is 10.1. The maximum atomic E-state index is 13.8. The zero-order chi connectivity index (χ0) is 28.7. The summed E-state index contributed by atoms with van der Waals surface area (Å²) in [5, 5.41) is 3.17. The molecule has 2 amide bonds. The number of amides is 2. The molecule has 7 nitrogen and oxygen atoms in total. The summed E-state index contributed by atoms with van der Waals surface area (Å²) in [7, 11) is -4.18. The van der Waals surface area contributed by atoms with E-state index in [9.17, 15) is 22.4 Å². The molecule has 1 N–H and O–H groups in total. The highest BCUT2D eigenvalue weighted by molar-refractivity contribution is 7.92. The van der Waals surface area contributed by atoms with E-state index in [0.717, 1.165) is 9.87 Å². The van der Waals surface area contributed by atoms with E-state index >= 15 is 0 Å². The van der Waals surface area contributed by atoms with E-state index in [1.54, 1.807) is 44.2 Å². The van der Waals surface area contributed by atoms with Crippen molar-refractivity contribution < 1.29 is 22.4 Å². The van der Waals surface area contributed by atoms with Gasteiger partial charge in [-0.1, -0.05) is 61.8 Å². The van der Waals surface area contributed by atoms with Crippen molar-refractivity contribution in [1.82, 2.24) is 10.2 Å². The highest BCUT2D eigenvalue weighted by atomic mass is 35.5. The summed E-state index contributed by atoms with van der Waals surface area (Å²) >= 11 is 6.33. The van der Waals surface area contributed by atoms with Crippen LogP contribution in [0.15, 0.2) is 77.7 Å². The Labute approximate surface area is 234 Å². The number of nitrogens with one attached hydrogen (secondary N) is 1. The topological polar surface area (TPSA) is 86.8 Å². The number of halogens is 2. The number of aryl methyl sites for hydroxylation is 1. The number of sulfonamides is 1. The van der Waals surface area contributed by atoms with Gasteiger partial charge in [0.05, 0.1) is 10.6 Å². The molecular formula is C29H33ClFN3O4S. The third kappa shape index (κ3) is 7.80. The summed E-state index contributed by atoms with van der Waals surface area (Å²) < 4.78 is 42.0. The second-order valence-electron chi connectivity index (χ2n) is 9.72. The minimum absolute atomic E-state index is 0.00214. The van der Waals surface area contributed by atoms with Crippen molar-refractivity contribution in [2.75, 3.05) is 17.4 Å². The van der Waals surface area contributed by atoms with Crippen molar-refractivity contribution in [3.8, 4) is 0 Å². The lowest BCUT2D eigenvalue weighted by Gasteiger charge is -2.32. The third-order valence-electron chi connectivity index (χ3n) is 6.17. The fourth-order valence-corrected chi connectivity index (χ4v) is 5.41. The van der Waals surface area contributed by atoms with E-state index in [1.165, 1.54) is 47.4 Å². The number of benzene rings is 3. The minimum atomic E-state index is -4.18. The van der Waals surface area contributed by atoms with Gasteiger partial charge in [0.1, 0.15) is 18.4 Å². The Morgan fingerprint density at radius 3 is 2.21 bits per heavy atom. The van der Waals surface area contributed by atoms with Crippen molar-refractivity contribution in [2.24, 2.45) is 5.92 Å². The molecule has 0 aliphatic carbocycles. The van der Waals surface area contributed by atoms with E-state index in [2.05, 4.69) is 5.32 Å². The lowest BCUT2D eigenvalue weighted by molar-refractivity contribution is -0.139. The van der Waals surface area contributed by atoms with Crippen molar-refractivity contribution in [2.45, 2.75) is 45.2 Å². The second kappa shape index (κ2) is 13.1. The van der Waals surface area contributed by atoms with Crippen LogP contribution in [-0.2, 0) is 26.2 Å². The molecule has 0 fully saturated rings. The second-order valence-corrected chi connectivity index (χ2v) is 12.0. The Bertz CT molecular complexity index is 1400. The molecule has 0 heterocycles. The molecular weight excluding hydrogens is 541 g/mol. The van der Waals surface area contributed by atoms with Crippen LogP contribution in [0.4, 0.5) is 10.1 Å². The van der Waals surface area contributed by atoms with Crippen molar-refractivity contribution >= 4 is 39.1 Å². The van der Waals surface area contributed by atoms with Gasteiger partial charge in [0.2, 0.25) is 11.8 Å². The van der Waals surface area contributed by atoms with E-state index < -0.39 is 34.3 Å². The van der Waals surface area contributed by atoms with Crippen molar-refractivity contribution in [1.29, 1.82) is 0 Å². The van der Waals surface area contributed by atoms with Gasteiger partial charge in [-0.15, -0.1) is 0 Å². The zero-order valence-electron chi connectivity index (χ0n) is 22.4. The molecule has 0 aliphatic rings. The average Bonchev–Trinajstić information content (AvgIpc) is 2.91. The molecule has 3 aromatic carbocycles. The molecule has 0 spiro atoms. The monoisotopic (exact) mass is 573 g/mol. The summed E-state index contributed by atoms with van der Waals surface area (Å²) in [6.07, 6.45) is 0. The number of rotatable bonds is 11. The Morgan fingerprint density at radius 2 is 1.62 bits per heavy atom. The van der Waals surface area contributed by atoms with Crippen molar-refractivity contribution in [3.05, 3.63) is 94.8 Å². The van der Waals surface area contributed by atoms with Crippen molar-refractivity contribution in [3.63, 3.8) is 0 Å². The van der Waals surface area contributed by atoms with Crippen LogP contribution in [0.3, 0.4) is 0 Å². The molecule has 3 rings (SSSR count). The van der Waals surface area contributed by atoms with Crippen LogP contribution in [0, 0.1) is 18.7 Å². The number of hydrogen-bond acceptors (Lipinski definition) is 4. The van der Waals surface area contributed by atoms with Gasteiger partial charge in [0.15, 0.2) is 0 Å². The SMILES string of the molecule is Cc1ccc(N(CC(=O)N(Cc2ccc(F)cc2)[C@H](C)C(=O)NCC(C)C)S(=O)(=O)c2ccccc2)cc1Cl. The number of carbonyl (C=O) groups is 2. The highest BCUT2D eigenvalue weighted by Crippen LogP contribution is 2.28. The molecule has 1 atom stereocenters. The van der Waals surface area contributed by atoms with Gasteiger partial charge in [-0.25, -0.2) is 12.8 Å². The average molecular weight is 574 g/mol. The molecule has 0 unspecified atom stereocenters.